The van der Waals surface area contributed by atoms with Crippen molar-refractivity contribution in [1.82, 2.24) is 10.2 Å². The van der Waals surface area contributed by atoms with Gasteiger partial charge in [-0.1, -0.05) is 31.9 Å². The van der Waals surface area contributed by atoms with Crippen LogP contribution in [-0.2, 0) is 4.79 Å². The van der Waals surface area contributed by atoms with Gasteiger partial charge >= 0.3 is 0 Å². The maximum absolute atomic E-state index is 14.0. The molecule has 5 fully saturated rings. The second kappa shape index (κ2) is 7.21. The Kier molecular flexibility index (Phi) is 4.62. The van der Waals surface area contributed by atoms with Crippen LogP contribution in [0.4, 0.5) is 5.69 Å². The van der Waals surface area contributed by atoms with Gasteiger partial charge in [-0.2, -0.15) is 0 Å². The molecule has 6 aliphatic rings. The number of nitrogens with one attached hydrogen (secondary N) is 2. The highest BCUT2D eigenvalue weighted by Gasteiger charge is 2.61. The molecule has 7 rings (SSSR count). The molecule has 1 spiro atoms. The van der Waals surface area contributed by atoms with E-state index in [1.165, 1.54) is 6.42 Å². The highest BCUT2D eigenvalue weighted by atomic mass is 16.3. The molecule has 2 bridgehead atoms. The number of likely N-dealkylation sites (tertiary alicyclic amines) is 1. The topological polar surface area (TPSA) is 81.7 Å². The lowest BCUT2D eigenvalue weighted by atomic mass is 9.51. The zero-order valence-corrected chi connectivity index (χ0v) is 19.0. The molecule has 0 aromatic heterocycles. The van der Waals surface area contributed by atoms with Crippen molar-refractivity contribution in [3.8, 4) is 0 Å². The summed E-state index contributed by atoms with van der Waals surface area (Å²) in [5, 5.41) is 17.6. The van der Waals surface area contributed by atoms with Gasteiger partial charge < -0.3 is 20.6 Å². The number of benzene rings is 1. The summed E-state index contributed by atoms with van der Waals surface area (Å²) in [6.45, 7) is 2.95. The van der Waals surface area contributed by atoms with E-state index in [2.05, 4.69) is 22.5 Å². The third-order valence-corrected chi connectivity index (χ3v) is 9.59. The van der Waals surface area contributed by atoms with Crippen molar-refractivity contribution in [3.05, 3.63) is 29.8 Å². The first-order chi connectivity index (χ1) is 15.4. The monoisotopic (exact) mass is 437 g/mol. The number of anilines is 1. The van der Waals surface area contributed by atoms with Crippen LogP contribution < -0.4 is 10.6 Å². The molecule has 1 aromatic rings. The molecule has 1 saturated heterocycles. The molecule has 4 saturated carbocycles. The fourth-order valence-corrected chi connectivity index (χ4v) is 7.93. The van der Waals surface area contributed by atoms with Crippen molar-refractivity contribution < 1.29 is 14.7 Å². The SMILES string of the molecule is C[C@@]12CC[C@@H](C[C@@H]1C(=O)N1CC[C@H](O)[C@@H]3CCCC[C@H]31)[C@@]1(C2)NC(=O)c2ccccc2N1. The highest BCUT2D eigenvalue weighted by molar-refractivity contribution is 6.02. The van der Waals surface area contributed by atoms with Crippen LogP contribution in [0.5, 0.6) is 0 Å². The van der Waals surface area contributed by atoms with Crippen molar-refractivity contribution in [2.24, 2.45) is 23.2 Å². The van der Waals surface area contributed by atoms with E-state index in [0.717, 1.165) is 50.6 Å². The number of amides is 2. The number of para-hydroxylation sites is 1. The summed E-state index contributed by atoms with van der Waals surface area (Å²) in [5.74, 6) is 0.790. The van der Waals surface area contributed by atoms with Crippen LogP contribution in [0.25, 0.3) is 0 Å². The Bertz CT molecular complexity index is 950. The molecule has 4 aliphatic carbocycles. The summed E-state index contributed by atoms with van der Waals surface area (Å²) in [5.41, 5.74) is 1.01. The summed E-state index contributed by atoms with van der Waals surface area (Å²) < 4.78 is 0. The fraction of sp³-hybridized carbons (Fsp3) is 0.692. The minimum Gasteiger partial charge on any atom is -0.393 e. The number of piperidine rings is 1. The molecule has 6 heteroatoms. The minimum atomic E-state index is -0.458. The minimum absolute atomic E-state index is 0.000525. The van der Waals surface area contributed by atoms with Gasteiger partial charge in [0.15, 0.2) is 0 Å². The average Bonchev–Trinajstić information content (AvgIpc) is 2.79. The number of aliphatic hydroxyl groups excluding tert-OH is 1. The number of fused-ring (bicyclic) bond motifs is 4. The highest BCUT2D eigenvalue weighted by Crippen LogP contribution is 2.59. The summed E-state index contributed by atoms with van der Waals surface area (Å²) in [7, 11) is 0. The van der Waals surface area contributed by atoms with Crippen LogP contribution in [0.2, 0.25) is 0 Å². The predicted molar refractivity (Wildman–Crippen MR) is 122 cm³/mol. The van der Waals surface area contributed by atoms with E-state index in [9.17, 15) is 14.7 Å². The molecule has 2 heterocycles. The Labute approximate surface area is 190 Å². The first-order valence-corrected chi connectivity index (χ1v) is 12.6. The Morgan fingerprint density at radius 3 is 2.78 bits per heavy atom. The van der Waals surface area contributed by atoms with E-state index in [0.29, 0.717) is 24.4 Å². The molecule has 6 nitrogen and oxygen atoms in total. The van der Waals surface area contributed by atoms with E-state index in [1.54, 1.807) is 0 Å². The van der Waals surface area contributed by atoms with E-state index < -0.39 is 5.66 Å². The second-order valence-electron chi connectivity index (χ2n) is 11.4. The average molecular weight is 438 g/mol. The Balaban J connectivity index is 1.26. The normalized spacial score (nSPS) is 42.6. The first kappa shape index (κ1) is 20.5. The molecular weight excluding hydrogens is 402 g/mol. The number of aliphatic hydroxyl groups is 1. The standard InChI is InChI=1S/C26H35N3O3/c1-25-12-10-16(26(15-25)27-20-8-4-2-6-17(20)23(31)28-26)14-19(25)24(32)29-13-11-22(30)18-7-3-5-9-21(18)29/h2,4,6,8,16,18-19,21-22,27,30H,3,5,7,9-15H2,1H3,(H,28,31)/t16-,18+,19+,21+,22-,25-,26+/m0/s1. The maximum atomic E-state index is 14.0. The number of hydrogen-bond donors (Lipinski definition) is 3. The first-order valence-electron chi connectivity index (χ1n) is 12.6. The Morgan fingerprint density at radius 1 is 1.12 bits per heavy atom. The van der Waals surface area contributed by atoms with Gasteiger partial charge in [0, 0.05) is 36.0 Å². The molecule has 2 amide bonds. The van der Waals surface area contributed by atoms with Crippen molar-refractivity contribution in [3.63, 3.8) is 0 Å². The van der Waals surface area contributed by atoms with Gasteiger partial charge in [-0.05, 0) is 62.5 Å². The third kappa shape index (κ3) is 2.94. The van der Waals surface area contributed by atoms with Crippen molar-refractivity contribution in [2.75, 3.05) is 11.9 Å². The van der Waals surface area contributed by atoms with Gasteiger partial charge in [0.25, 0.3) is 5.91 Å². The van der Waals surface area contributed by atoms with E-state index in [1.807, 2.05) is 24.3 Å². The molecule has 3 N–H and O–H groups in total. The lowest BCUT2D eigenvalue weighted by Gasteiger charge is -2.61. The van der Waals surface area contributed by atoms with Crippen LogP contribution in [0.3, 0.4) is 0 Å². The number of nitrogens with zero attached hydrogens (tertiary/aromatic N) is 1. The predicted octanol–water partition coefficient (Wildman–Crippen LogP) is 3.52. The number of hydrogen-bond acceptors (Lipinski definition) is 4. The van der Waals surface area contributed by atoms with Gasteiger partial charge in [0.2, 0.25) is 5.91 Å². The molecule has 0 unspecified atom stereocenters. The number of carbonyl (C=O) groups excluding carboxylic acids is 2. The molecular formula is C26H35N3O3. The maximum Gasteiger partial charge on any atom is 0.255 e. The summed E-state index contributed by atoms with van der Waals surface area (Å²) >= 11 is 0. The lowest BCUT2D eigenvalue weighted by molar-refractivity contribution is -0.160. The molecule has 172 valence electrons. The largest absolute Gasteiger partial charge is 0.393 e. The van der Waals surface area contributed by atoms with E-state index >= 15 is 0 Å². The van der Waals surface area contributed by atoms with Gasteiger partial charge in [0.05, 0.1) is 11.7 Å². The van der Waals surface area contributed by atoms with E-state index in [-0.39, 0.29) is 41.2 Å². The second-order valence-corrected chi connectivity index (χ2v) is 11.4. The quantitative estimate of drug-likeness (QED) is 0.628. The van der Waals surface area contributed by atoms with Crippen LogP contribution in [0, 0.1) is 23.2 Å². The van der Waals surface area contributed by atoms with Crippen LogP contribution in [0.1, 0.15) is 75.1 Å². The van der Waals surface area contributed by atoms with Crippen LogP contribution >= 0.6 is 0 Å². The summed E-state index contributed by atoms with van der Waals surface area (Å²) in [6.07, 6.45) is 8.50. The molecule has 1 aromatic carbocycles. The van der Waals surface area contributed by atoms with Gasteiger partial charge in [-0.3, -0.25) is 9.59 Å². The van der Waals surface area contributed by atoms with Crippen molar-refractivity contribution in [2.45, 2.75) is 82.5 Å². The van der Waals surface area contributed by atoms with Crippen LogP contribution in [-0.4, -0.2) is 46.2 Å². The molecule has 2 aliphatic heterocycles. The number of rotatable bonds is 1. The van der Waals surface area contributed by atoms with E-state index in [4.69, 9.17) is 0 Å². The zero-order chi connectivity index (χ0) is 22.1. The molecule has 32 heavy (non-hydrogen) atoms. The van der Waals surface area contributed by atoms with Crippen LogP contribution in [0.15, 0.2) is 24.3 Å². The zero-order valence-electron chi connectivity index (χ0n) is 19.0. The molecule has 7 atom stereocenters. The Morgan fingerprint density at radius 2 is 1.94 bits per heavy atom. The van der Waals surface area contributed by atoms with Gasteiger partial charge in [-0.15, -0.1) is 0 Å². The summed E-state index contributed by atoms with van der Waals surface area (Å²) in [4.78, 5) is 29.1. The summed E-state index contributed by atoms with van der Waals surface area (Å²) in [6, 6.07) is 7.93. The smallest absolute Gasteiger partial charge is 0.255 e. The Hall–Kier alpha value is -2.08. The molecule has 0 radical (unpaired) electrons. The third-order valence-electron chi connectivity index (χ3n) is 9.59. The fourth-order valence-electron chi connectivity index (χ4n) is 7.93. The lowest BCUT2D eigenvalue weighted by Crippen LogP contribution is -2.70. The van der Waals surface area contributed by atoms with Gasteiger partial charge in [-0.25, -0.2) is 0 Å². The van der Waals surface area contributed by atoms with Crippen molar-refractivity contribution in [1.29, 1.82) is 0 Å². The van der Waals surface area contributed by atoms with Crippen molar-refractivity contribution >= 4 is 17.5 Å². The van der Waals surface area contributed by atoms with Gasteiger partial charge in [0.1, 0.15) is 5.66 Å². The number of carbonyl (C=O) groups is 2.